The number of nitrogens with zero attached hydrogens (tertiary/aromatic N) is 2. The molecular weight excluding hydrogens is 394 g/mol. The van der Waals surface area contributed by atoms with E-state index in [9.17, 15) is 32.2 Å². The molecule has 13 heteroatoms. The highest BCUT2D eigenvalue weighted by Gasteiger charge is 2.36. The molecule has 1 unspecified atom stereocenters. The first kappa shape index (κ1) is 19.5. The number of benzene rings is 1. The zero-order chi connectivity index (χ0) is 20.0. The summed E-state index contributed by atoms with van der Waals surface area (Å²) in [6.07, 6.45) is -4.74. The van der Waals surface area contributed by atoms with Crippen molar-refractivity contribution in [3.05, 3.63) is 38.4 Å². The lowest BCUT2D eigenvalue weighted by Gasteiger charge is -2.31. The standard InChI is InChI=1S/C14H15F3N3O6P/c1-27(23,24)26-20-11-7-10(19-2-4-25-5-3-19)8(14(15,16)17)6-9(11)18-12(21)13(20)22/h6-7H,2-5H2,1H3,(H,18,21)(H,23,24). The molecule has 0 amide bonds. The van der Waals surface area contributed by atoms with Gasteiger partial charge in [-0.25, -0.2) is 4.57 Å². The molecule has 1 aliphatic heterocycles. The number of hydrogen-bond donors (Lipinski definition) is 2. The minimum Gasteiger partial charge on any atom is -0.378 e. The first-order chi connectivity index (χ1) is 12.5. The Kier molecular flexibility index (Phi) is 4.83. The van der Waals surface area contributed by atoms with Gasteiger partial charge in [-0.15, -0.1) is 4.73 Å². The second-order valence-corrected chi connectivity index (χ2v) is 7.69. The smallest absolute Gasteiger partial charge is 0.378 e. The van der Waals surface area contributed by atoms with Crippen molar-refractivity contribution in [3.63, 3.8) is 0 Å². The van der Waals surface area contributed by atoms with Crippen LogP contribution >= 0.6 is 7.60 Å². The molecule has 0 aliphatic carbocycles. The predicted octanol–water partition coefficient (Wildman–Crippen LogP) is 0.789. The van der Waals surface area contributed by atoms with Gasteiger partial charge in [0.2, 0.25) is 0 Å². The number of aromatic nitrogens is 2. The largest absolute Gasteiger partial charge is 0.418 e. The topological polar surface area (TPSA) is 114 Å². The number of fused-ring (bicyclic) bond motifs is 1. The number of rotatable bonds is 3. The number of ether oxygens (including phenoxy) is 1. The molecule has 0 radical (unpaired) electrons. The van der Waals surface area contributed by atoms with Crippen LogP contribution in [0.5, 0.6) is 0 Å². The van der Waals surface area contributed by atoms with Gasteiger partial charge in [-0.05, 0) is 12.1 Å². The molecule has 27 heavy (non-hydrogen) atoms. The predicted molar refractivity (Wildman–Crippen MR) is 89.2 cm³/mol. The van der Waals surface area contributed by atoms with Crippen molar-refractivity contribution in [2.75, 3.05) is 37.9 Å². The van der Waals surface area contributed by atoms with Gasteiger partial charge >= 0.3 is 24.9 Å². The average molecular weight is 409 g/mol. The van der Waals surface area contributed by atoms with Crippen LogP contribution < -0.4 is 20.6 Å². The lowest BCUT2D eigenvalue weighted by atomic mass is 10.1. The summed E-state index contributed by atoms with van der Waals surface area (Å²) in [4.78, 5) is 36.6. The molecule has 0 spiro atoms. The fourth-order valence-electron chi connectivity index (χ4n) is 2.75. The summed E-state index contributed by atoms with van der Waals surface area (Å²) in [7, 11) is -4.28. The minimum atomic E-state index is -4.74. The maximum Gasteiger partial charge on any atom is 0.418 e. The van der Waals surface area contributed by atoms with E-state index in [1.54, 1.807) is 0 Å². The zero-order valence-corrected chi connectivity index (χ0v) is 14.8. The Bertz CT molecular complexity index is 1040. The van der Waals surface area contributed by atoms with Crippen molar-refractivity contribution in [1.82, 2.24) is 9.71 Å². The van der Waals surface area contributed by atoms with Crippen LogP contribution in [0.2, 0.25) is 0 Å². The van der Waals surface area contributed by atoms with E-state index in [0.717, 1.165) is 12.7 Å². The summed E-state index contributed by atoms with van der Waals surface area (Å²) in [6.45, 7) is 1.56. The van der Waals surface area contributed by atoms with Gasteiger partial charge in [0.15, 0.2) is 0 Å². The number of anilines is 1. The van der Waals surface area contributed by atoms with Gasteiger partial charge in [0.1, 0.15) is 5.52 Å². The van der Waals surface area contributed by atoms with E-state index in [1.165, 1.54) is 4.90 Å². The zero-order valence-electron chi connectivity index (χ0n) is 13.9. The number of halogens is 3. The molecule has 1 aliphatic rings. The Labute approximate surface area is 149 Å². The normalized spacial score (nSPS) is 17.7. The highest BCUT2D eigenvalue weighted by Crippen LogP contribution is 2.39. The SMILES string of the molecule is CP(=O)(O)On1c(=O)c(=O)[nH]c2cc(C(F)(F)F)c(N3CCOCC3)cc21. The van der Waals surface area contributed by atoms with Crippen molar-refractivity contribution in [2.24, 2.45) is 0 Å². The Morgan fingerprint density at radius 1 is 1.26 bits per heavy atom. The third-order valence-electron chi connectivity index (χ3n) is 3.85. The Balaban J connectivity index is 2.34. The second kappa shape index (κ2) is 6.70. The lowest BCUT2D eigenvalue weighted by Crippen LogP contribution is -2.40. The fourth-order valence-corrected chi connectivity index (χ4v) is 3.21. The van der Waals surface area contributed by atoms with Crippen LogP contribution in [0.25, 0.3) is 11.0 Å². The van der Waals surface area contributed by atoms with Crippen LogP contribution in [0.4, 0.5) is 18.9 Å². The molecule has 3 rings (SSSR count). The quantitative estimate of drug-likeness (QED) is 0.569. The van der Waals surface area contributed by atoms with E-state index >= 15 is 0 Å². The summed E-state index contributed by atoms with van der Waals surface area (Å²) >= 11 is 0. The van der Waals surface area contributed by atoms with Crippen molar-refractivity contribution in [1.29, 1.82) is 0 Å². The third-order valence-corrected chi connectivity index (χ3v) is 4.32. The monoisotopic (exact) mass is 409 g/mol. The maximum absolute atomic E-state index is 13.5. The highest BCUT2D eigenvalue weighted by atomic mass is 31.2. The van der Waals surface area contributed by atoms with Gasteiger partial charge in [-0.2, -0.15) is 13.2 Å². The molecule has 0 saturated carbocycles. The molecular formula is C14H15F3N3O6P. The summed E-state index contributed by atoms with van der Waals surface area (Å²) < 4.78 is 62.3. The number of H-pyrrole nitrogens is 1. The van der Waals surface area contributed by atoms with Crippen molar-refractivity contribution in [3.8, 4) is 0 Å². The van der Waals surface area contributed by atoms with Gasteiger partial charge < -0.3 is 24.1 Å². The fraction of sp³-hybridized carbons (Fsp3) is 0.429. The molecule has 9 nitrogen and oxygen atoms in total. The average Bonchev–Trinajstić information content (AvgIpc) is 2.57. The summed E-state index contributed by atoms with van der Waals surface area (Å²) in [6, 6.07) is 1.66. The first-order valence-corrected chi connectivity index (χ1v) is 9.73. The van der Waals surface area contributed by atoms with E-state index in [4.69, 9.17) is 4.74 Å². The summed E-state index contributed by atoms with van der Waals surface area (Å²) in [5.74, 6) is 0. The summed E-state index contributed by atoms with van der Waals surface area (Å²) in [5.41, 5.74) is -4.54. The molecule has 2 N–H and O–H groups in total. The molecule has 0 bridgehead atoms. The highest BCUT2D eigenvalue weighted by molar-refractivity contribution is 7.52. The molecule has 1 fully saturated rings. The van der Waals surface area contributed by atoms with Crippen LogP contribution in [-0.2, 0) is 15.5 Å². The molecule has 148 valence electrons. The summed E-state index contributed by atoms with van der Waals surface area (Å²) in [5, 5.41) is 0. The number of nitrogens with one attached hydrogen (secondary N) is 1. The Hall–Kier alpha value is -2.30. The van der Waals surface area contributed by atoms with Gasteiger partial charge in [-0.3, -0.25) is 9.59 Å². The molecule has 2 heterocycles. The van der Waals surface area contributed by atoms with Crippen molar-refractivity contribution < 1.29 is 32.0 Å². The molecule has 1 aromatic carbocycles. The van der Waals surface area contributed by atoms with E-state index < -0.39 is 30.5 Å². The van der Waals surface area contributed by atoms with Crippen LogP contribution in [0.3, 0.4) is 0 Å². The van der Waals surface area contributed by atoms with E-state index in [1.807, 2.05) is 4.98 Å². The van der Waals surface area contributed by atoms with Gasteiger partial charge in [0, 0.05) is 13.1 Å². The van der Waals surface area contributed by atoms with Crippen LogP contribution in [0, 0.1) is 0 Å². The van der Waals surface area contributed by atoms with E-state index in [2.05, 4.69) is 4.62 Å². The van der Waals surface area contributed by atoms with Crippen LogP contribution in [0.1, 0.15) is 5.56 Å². The van der Waals surface area contributed by atoms with Gasteiger partial charge in [0.05, 0.1) is 36.6 Å². The van der Waals surface area contributed by atoms with Crippen LogP contribution in [0.15, 0.2) is 21.7 Å². The van der Waals surface area contributed by atoms with E-state index in [-0.39, 0.29) is 47.8 Å². The first-order valence-electron chi connectivity index (χ1n) is 7.71. The molecule has 2 aromatic rings. The van der Waals surface area contributed by atoms with Crippen molar-refractivity contribution >= 4 is 24.3 Å². The van der Waals surface area contributed by atoms with Crippen molar-refractivity contribution in [2.45, 2.75) is 6.18 Å². The molecule has 1 aromatic heterocycles. The van der Waals surface area contributed by atoms with Gasteiger partial charge in [0.25, 0.3) is 0 Å². The number of alkyl halides is 3. The third kappa shape index (κ3) is 4.02. The van der Waals surface area contributed by atoms with Gasteiger partial charge in [-0.1, -0.05) is 0 Å². The minimum absolute atomic E-state index is 0.176. The maximum atomic E-state index is 13.5. The lowest BCUT2D eigenvalue weighted by molar-refractivity contribution is -0.137. The number of hydrogen-bond acceptors (Lipinski definition) is 6. The molecule has 1 saturated heterocycles. The van der Waals surface area contributed by atoms with Crippen LogP contribution in [-0.4, -0.2) is 47.6 Å². The molecule has 1 atom stereocenters. The number of morpholine rings is 1. The second-order valence-electron chi connectivity index (χ2n) is 5.92. The van der Waals surface area contributed by atoms with E-state index in [0.29, 0.717) is 6.07 Å². The Morgan fingerprint density at radius 2 is 1.89 bits per heavy atom. The Morgan fingerprint density at radius 3 is 2.44 bits per heavy atom. The number of aromatic amines is 1.